The monoisotopic (exact) mass is 378 g/mol. The molecule has 1 aliphatic heterocycles. The van der Waals surface area contributed by atoms with Crippen LogP contribution in [0.15, 0.2) is 48.5 Å². The molecule has 2 atom stereocenters. The van der Waals surface area contributed by atoms with Crippen LogP contribution in [0, 0.1) is 5.82 Å². The van der Waals surface area contributed by atoms with Gasteiger partial charge in [-0.25, -0.2) is 12.8 Å². The molecule has 0 fully saturated rings. The summed E-state index contributed by atoms with van der Waals surface area (Å²) >= 11 is 0. The molecule has 0 spiro atoms. The Labute approximate surface area is 151 Å². The normalized spacial score (nSPS) is 17.8. The van der Waals surface area contributed by atoms with Crippen molar-refractivity contribution in [3.8, 4) is 5.75 Å². The van der Waals surface area contributed by atoms with Gasteiger partial charge in [-0.3, -0.25) is 9.10 Å². The number of amides is 1. The average Bonchev–Trinajstić information content (AvgIpc) is 2.60. The molecule has 0 aromatic heterocycles. The molecule has 0 saturated carbocycles. The molecule has 1 aliphatic rings. The number of halogens is 1. The van der Waals surface area contributed by atoms with Crippen molar-refractivity contribution in [3.05, 3.63) is 59.9 Å². The number of nitrogens with zero attached hydrogens (tertiary/aromatic N) is 1. The zero-order valence-electron chi connectivity index (χ0n) is 14.3. The molecule has 2 aromatic carbocycles. The molecule has 8 heteroatoms. The van der Waals surface area contributed by atoms with Crippen LogP contribution in [-0.2, 0) is 14.8 Å². The number of hydrogen-bond acceptors (Lipinski definition) is 4. The van der Waals surface area contributed by atoms with Crippen LogP contribution in [0.1, 0.15) is 18.5 Å². The predicted octanol–water partition coefficient (Wildman–Crippen LogP) is 2.23. The number of anilines is 1. The molecule has 1 N–H and O–H groups in total. The highest BCUT2D eigenvalue weighted by Gasteiger charge is 2.35. The number of sulfonamides is 1. The van der Waals surface area contributed by atoms with Gasteiger partial charge in [0.05, 0.1) is 24.5 Å². The van der Waals surface area contributed by atoms with Gasteiger partial charge in [-0.2, -0.15) is 0 Å². The maximum absolute atomic E-state index is 13.0. The Hall–Kier alpha value is -2.61. The SMILES string of the molecule is CC(NC(=O)C1CN(S(C)(=O)=O)c2ccccc2O1)c1ccc(F)cc1. The summed E-state index contributed by atoms with van der Waals surface area (Å²) in [6.07, 6.45) is 0.105. The quantitative estimate of drug-likeness (QED) is 0.885. The standard InChI is InChI=1S/C18H19FN2O4S/c1-12(13-7-9-14(19)10-8-13)20-18(22)17-11-21(26(2,23)24)15-5-3-4-6-16(15)25-17/h3-10,12,17H,11H2,1-2H3,(H,20,22). The number of benzene rings is 2. The lowest BCUT2D eigenvalue weighted by atomic mass is 10.1. The lowest BCUT2D eigenvalue weighted by Crippen LogP contribution is -2.50. The van der Waals surface area contributed by atoms with Crippen molar-refractivity contribution in [2.75, 3.05) is 17.1 Å². The summed E-state index contributed by atoms with van der Waals surface area (Å²) in [4.78, 5) is 12.6. The minimum Gasteiger partial charge on any atom is -0.476 e. The van der Waals surface area contributed by atoms with E-state index < -0.39 is 22.0 Å². The highest BCUT2D eigenvalue weighted by atomic mass is 32.2. The molecular formula is C18H19FN2O4S. The number of hydrogen-bond donors (Lipinski definition) is 1. The van der Waals surface area contributed by atoms with E-state index in [0.29, 0.717) is 11.4 Å². The van der Waals surface area contributed by atoms with Gasteiger partial charge in [-0.15, -0.1) is 0 Å². The van der Waals surface area contributed by atoms with Crippen LogP contribution in [0.4, 0.5) is 10.1 Å². The Morgan fingerprint density at radius 3 is 2.54 bits per heavy atom. The van der Waals surface area contributed by atoms with Crippen molar-refractivity contribution in [1.29, 1.82) is 0 Å². The van der Waals surface area contributed by atoms with Gasteiger partial charge in [-0.05, 0) is 36.8 Å². The Morgan fingerprint density at radius 2 is 1.88 bits per heavy atom. The summed E-state index contributed by atoms with van der Waals surface area (Å²) in [5.41, 5.74) is 1.14. The lowest BCUT2D eigenvalue weighted by Gasteiger charge is -2.34. The molecule has 0 aliphatic carbocycles. The smallest absolute Gasteiger partial charge is 0.263 e. The number of nitrogens with one attached hydrogen (secondary N) is 1. The Bertz CT molecular complexity index is 915. The van der Waals surface area contributed by atoms with E-state index in [4.69, 9.17) is 4.74 Å². The second-order valence-electron chi connectivity index (χ2n) is 6.15. The van der Waals surface area contributed by atoms with Crippen LogP contribution >= 0.6 is 0 Å². The lowest BCUT2D eigenvalue weighted by molar-refractivity contribution is -0.128. The highest BCUT2D eigenvalue weighted by Crippen LogP contribution is 2.34. The van der Waals surface area contributed by atoms with E-state index in [1.807, 2.05) is 0 Å². The van der Waals surface area contributed by atoms with Crippen molar-refractivity contribution in [2.45, 2.75) is 19.1 Å². The first-order valence-corrected chi connectivity index (χ1v) is 9.90. The van der Waals surface area contributed by atoms with Gasteiger partial charge < -0.3 is 10.1 Å². The summed E-state index contributed by atoms with van der Waals surface area (Å²) in [5, 5.41) is 2.78. The summed E-state index contributed by atoms with van der Waals surface area (Å²) in [6.45, 7) is 1.65. The van der Waals surface area contributed by atoms with Gasteiger partial charge in [0.25, 0.3) is 5.91 Å². The predicted molar refractivity (Wildman–Crippen MR) is 96.0 cm³/mol. The first kappa shape index (κ1) is 18.2. The molecule has 1 heterocycles. The summed E-state index contributed by atoms with van der Waals surface area (Å²) in [5.74, 6) is -0.466. The minimum atomic E-state index is -3.56. The molecule has 138 valence electrons. The van der Waals surface area contributed by atoms with Crippen LogP contribution in [-0.4, -0.2) is 33.2 Å². The van der Waals surface area contributed by atoms with Crippen LogP contribution in [0.2, 0.25) is 0 Å². The van der Waals surface area contributed by atoms with Gasteiger partial charge in [0.1, 0.15) is 11.6 Å². The zero-order chi connectivity index (χ0) is 18.9. The summed E-state index contributed by atoms with van der Waals surface area (Å²) in [6, 6.07) is 12.1. The summed E-state index contributed by atoms with van der Waals surface area (Å²) < 4.78 is 44.1. The molecule has 26 heavy (non-hydrogen) atoms. The summed E-state index contributed by atoms with van der Waals surface area (Å²) in [7, 11) is -3.56. The fraction of sp³-hybridized carbons (Fsp3) is 0.278. The topological polar surface area (TPSA) is 75.7 Å². The third kappa shape index (κ3) is 3.80. The Balaban J connectivity index is 1.79. The Morgan fingerprint density at radius 1 is 1.23 bits per heavy atom. The first-order valence-electron chi connectivity index (χ1n) is 8.05. The molecule has 0 bridgehead atoms. The third-order valence-corrected chi connectivity index (χ3v) is 5.30. The average molecular weight is 378 g/mol. The van der Waals surface area contributed by atoms with Crippen molar-refractivity contribution in [3.63, 3.8) is 0 Å². The third-order valence-electron chi connectivity index (χ3n) is 4.16. The number of rotatable bonds is 4. The van der Waals surface area contributed by atoms with E-state index in [2.05, 4.69) is 5.32 Å². The minimum absolute atomic E-state index is 0.113. The van der Waals surface area contributed by atoms with E-state index in [1.165, 1.54) is 16.4 Å². The van der Waals surface area contributed by atoms with E-state index >= 15 is 0 Å². The van der Waals surface area contributed by atoms with Gasteiger partial charge >= 0.3 is 0 Å². The zero-order valence-corrected chi connectivity index (χ0v) is 15.2. The van der Waals surface area contributed by atoms with Crippen LogP contribution in [0.5, 0.6) is 5.75 Å². The van der Waals surface area contributed by atoms with E-state index in [1.54, 1.807) is 43.3 Å². The van der Waals surface area contributed by atoms with Crippen molar-refractivity contribution in [1.82, 2.24) is 5.32 Å². The van der Waals surface area contributed by atoms with Crippen molar-refractivity contribution < 1.29 is 22.3 Å². The van der Waals surface area contributed by atoms with Crippen molar-refractivity contribution >= 4 is 21.6 Å². The van der Waals surface area contributed by atoms with Gasteiger partial charge in [0, 0.05) is 0 Å². The molecular weight excluding hydrogens is 359 g/mol. The number of para-hydroxylation sites is 2. The van der Waals surface area contributed by atoms with Crippen LogP contribution in [0.25, 0.3) is 0 Å². The van der Waals surface area contributed by atoms with Crippen LogP contribution < -0.4 is 14.4 Å². The van der Waals surface area contributed by atoms with Gasteiger partial charge in [0.15, 0.2) is 6.10 Å². The second-order valence-corrected chi connectivity index (χ2v) is 8.06. The molecule has 0 saturated heterocycles. The molecule has 2 unspecified atom stereocenters. The molecule has 1 amide bonds. The molecule has 6 nitrogen and oxygen atoms in total. The molecule has 0 radical (unpaired) electrons. The van der Waals surface area contributed by atoms with Crippen LogP contribution in [0.3, 0.4) is 0 Å². The highest BCUT2D eigenvalue weighted by molar-refractivity contribution is 7.92. The largest absolute Gasteiger partial charge is 0.476 e. The fourth-order valence-corrected chi connectivity index (χ4v) is 3.71. The Kier molecular flexibility index (Phi) is 4.86. The van der Waals surface area contributed by atoms with E-state index in [0.717, 1.165) is 11.8 Å². The number of ether oxygens (including phenoxy) is 1. The molecule has 2 aromatic rings. The van der Waals surface area contributed by atoms with E-state index in [-0.39, 0.29) is 18.4 Å². The van der Waals surface area contributed by atoms with Crippen molar-refractivity contribution in [2.24, 2.45) is 0 Å². The second kappa shape index (κ2) is 6.95. The first-order chi connectivity index (χ1) is 12.3. The number of carbonyl (C=O) groups excluding carboxylic acids is 1. The van der Waals surface area contributed by atoms with Gasteiger partial charge in [0.2, 0.25) is 10.0 Å². The van der Waals surface area contributed by atoms with E-state index in [9.17, 15) is 17.6 Å². The number of carbonyl (C=O) groups is 1. The fourth-order valence-electron chi connectivity index (χ4n) is 2.79. The van der Waals surface area contributed by atoms with Gasteiger partial charge in [-0.1, -0.05) is 24.3 Å². The number of fused-ring (bicyclic) bond motifs is 1. The molecule has 3 rings (SSSR count). The maximum atomic E-state index is 13.0. The maximum Gasteiger partial charge on any atom is 0.263 e.